The van der Waals surface area contributed by atoms with E-state index in [4.69, 9.17) is 5.73 Å². The zero-order chi connectivity index (χ0) is 7.14. The summed E-state index contributed by atoms with van der Waals surface area (Å²) < 4.78 is 2.14. The number of aromatic nitrogens is 2. The summed E-state index contributed by atoms with van der Waals surface area (Å²) in [5.41, 5.74) is 6.88. The Morgan fingerprint density at radius 2 is 2.50 bits per heavy atom. The van der Waals surface area contributed by atoms with E-state index in [2.05, 4.69) is 16.5 Å². The van der Waals surface area contributed by atoms with Crippen molar-refractivity contribution in [3.8, 4) is 0 Å². The summed E-state index contributed by atoms with van der Waals surface area (Å²) >= 11 is 0. The molecule has 1 aliphatic rings. The highest BCUT2D eigenvalue weighted by molar-refractivity contribution is 5.05. The normalized spacial score (nSPS) is 30.6. The number of nitrogens with zero attached hydrogens (tertiary/aromatic N) is 2. The summed E-state index contributed by atoms with van der Waals surface area (Å²) in [6.45, 7) is 2.05. The van der Waals surface area contributed by atoms with Crippen molar-refractivity contribution in [1.29, 1.82) is 0 Å². The van der Waals surface area contributed by atoms with Gasteiger partial charge in [-0.15, -0.1) is 0 Å². The Morgan fingerprint density at radius 1 is 1.80 bits per heavy atom. The highest BCUT2D eigenvalue weighted by Gasteiger charge is 2.35. The molecule has 3 heteroatoms. The van der Waals surface area contributed by atoms with E-state index in [1.165, 1.54) is 5.69 Å². The molecule has 0 spiro atoms. The smallest absolute Gasteiger partial charge is 0.0951 e. The van der Waals surface area contributed by atoms with Crippen LogP contribution in [-0.2, 0) is 0 Å². The molecule has 0 radical (unpaired) electrons. The molecule has 1 fully saturated rings. The van der Waals surface area contributed by atoms with Crippen molar-refractivity contribution in [2.75, 3.05) is 0 Å². The van der Waals surface area contributed by atoms with Crippen molar-refractivity contribution in [2.45, 2.75) is 25.4 Å². The van der Waals surface area contributed by atoms with Crippen LogP contribution < -0.4 is 5.73 Å². The standard InChI is InChI=1S/C7H11N3/c1-5-3-9-4-10(5)7-2-6(7)8/h3-4,6-7H,2,8H2,1H3. The number of rotatable bonds is 1. The quantitative estimate of drug-likeness (QED) is 0.611. The molecule has 3 nitrogen and oxygen atoms in total. The maximum Gasteiger partial charge on any atom is 0.0951 e. The first kappa shape index (κ1) is 5.92. The van der Waals surface area contributed by atoms with Gasteiger partial charge in [-0.3, -0.25) is 0 Å². The van der Waals surface area contributed by atoms with Gasteiger partial charge in [0, 0.05) is 17.9 Å². The summed E-state index contributed by atoms with van der Waals surface area (Å²) in [6, 6.07) is 0.899. The van der Waals surface area contributed by atoms with Crippen LogP contribution >= 0.6 is 0 Å². The first-order chi connectivity index (χ1) is 4.79. The van der Waals surface area contributed by atoms with Crippen LogP contribution in [0.5, 0.6) is 0 Å². The van der Waals surface area contributed by atoms with E-state index in [-0.39, 0.29) is 0 Å². The van der Waals surface area contributed by atoms with Gasteiger partial charge in [0.05, 0.1) is 12.4 Å². The Balaban J connectivity index is 2.26. The van der Waals surface area contributed by atoms with Crippen molar-refractivity contribution >= 4 is 0 Å². The van der Waals surface area contributed by atoms with Crippen molar-refractivity contribution in [3.05, 3.63) is 18.2 Å². The van der Waals surface area contributed by atoms with Gasteiger partial charge in [-0.05, 0) is 13.3 Å². The molecule has 1 aliphatic carbocycles. The Morgan fingerprint density at radius 3 is 2.90 bits per heavy atom. The molecule has 0 aromatic carbocycles. The van der Waals surface area contributed by atoms with Gasteiger partial charge in [-0.1, -0.05) is 0 Å². The molecule has 2 atom stereocenters. The summed E-state index contributed by atoms with van der Waals surface area (Å²) in [5, 5.41) is 0. The second kappa shape index (κ2) is 1.83. The molecule has 2 N–H and O–H groups in total. The van der Waals surface area contributed by atoms with Crippen LogP contribution in [0.2, 0.25) is 0 Å². The summed E-state index contributed by atoms with van der Waals surface area (Å²) in [6.07, 6.45) is 4.83. The van der Waals surface area contributed by atoms with Crippen molar-refractivity contribution in [2.24, 2.45) is 5.73 Å². The minimum absolute atomic E-state index is 0.368. The van der Waals surface area contributed by atoms with Gasteiger partial charge >= 0.3 is 0 Å². The largest absolute Gasteiger partial charge is 0.330 e. The molecule has 1 heterocycles. The lowest BCUT2D eigenvalue weighted by molar-refractivity contribution is 0.691. The molecular weight excluding hydrogens is 126 g/mol. The van der Waals surface area contributed by atoms with Gasteiger partial charge in [0.15, 0.2) is 0 Å². The van der Waals surface area contributed by atoms with E-state index in [1.54, 1.807) is 0 Å². The van der Waals surface area contributed by atoms with Gasteiger partial charge < -0.3 is 10.3 Å². The fourth-order valence-corrected chi connectivity index (χ4v) is 1.24. The molecule has 54 valence electrons. The third-order valence-corrected chi connectivity index (χ3v) is 2.02. The molecule has 0 amide bonds. The van der Waals surface area contributed by atoms with E-state index in [0.29, 0.717) is 12.1 Å². The molecule has 0 saturated heterocycles. The zero-order valence-electron chi connectivity index (χ0n) is 5.99. The number of nitrogens with two attached hydrogens (primary N) is 1. The van der Waals surface area contributed by atoms with Crippen LogP contribution in [0.3, 0.4) is 0 Å². The third kappa shape index (κ3) is 0.743. The van der Waals surface area contributed by atoms with Crippen LogP contribution in [0.1, 0.15) is 18.2 Å². The maximum absolute atomic E-state index is 5.68. The van der Waals surface area contributed by atoms with Gasteiger partial charge in [0.2, 0.25) is 0 Å². The molecule has 1 aromatic rings. The van der Waals surface area contributed by atoms with Gasteiger partial charge in [-0.2, -0.15) is 0 Å². The molecule has 1 saturated carbocycles. The third-order valence-electron chi connectivity index (χ3n) is 2.02. The van der Waals surface area contributed by atoms with E-state index in [9.17, 15) is 0 Å². The van der Waals surface area contributed by atoms with Crippen molar-refractivity contribution in [3.63, 3.8) is 0 Å². The SMILES string of the molecule is Cc1cncn1C1CC1N. The van der Waals surface area contributed by atoms with E-state index in [1.807, 2.05) is 12.5 Å². The van der Waals surface area contributed by atoms with Crippen LogP contribution in [0.25, 0.3) is 0 Å². The van der Waals surface area contributed by atoms with Gasteiger partial charge in [0.25, 0.3) is 0 Å². The number of imidazole rings is 1. The molecule has 0 bridgehead atoms. The predicted molar refractivity (Wildman–Crippen MR) is 38.6 cm³/mol. The van der Waals surface area contributed by atoms with Gasteiger partial charge in [-0.25, -0.2) is 4.98 Å². The van der Waals surface area contributed by atoms with E-state index < -0.39 is 0 Å². The predicted octanol–water partition coefficient (Wildman–Crippen LogP) is 0.464. The zero-order valence-corrected chi connectivity index (χ0v) is 5.99. The van der Waals surface area contributed by atoms with E-state index >= 15 is 0 Å². The first-order valence-corrected chi connectivity index (χ1v) is 3.53. The second-order valence-corrected chi connectivity index (χ2v) is 2.91. The Labute approximate surface area is 59.9 Å². The highest BCUT2D eigenvalue weighted by atomic mass is 15.1. The number of aryl methyl sites for hydroxylation is 1. The fraction of sp³-hybridized carbons (Fsp3) is 0.571. The minimum Gasteiger partial charge on any atom is -0.330 e. The lowest BCUT2D eigenvalue weighted by atomic mass is 10.5. The van der Waals surface area contributed by atoms with Crippen molar-refractivity contribution in [1.82, 2.24) is 9.55 Å². The monoisotopic (exact) mass is 137 g/mol. The molecular formula is C7H11N3. The number of hydrogen-bond donors (Lipinski definition) is 1. The van der Waals surface area contributed by atoms with Crippen molar-refractivity contribution < 1.29 is 0 Å². The van der Waals surface area contributed by atoms with Gasteiger partial charge in [0.1, 0.15) is 0 Å². The lowest BCUT2D eigenvalue weighted by Gasteiger charge is -2.00. The molecule has 2 rings (SSSR count). The average molecular weight is 137 g/mol. The second-order valence-electron chi connectivity index (χ2n) is 2.91. The van der Waals surface area contributed by atoms with Crippen LogP contribution in [-0.4, -0.2) is 15.6 Å². The molecule has 10 heavy (non-hydrogen) atoms. The molecule has 1 aromatic heterocycles. The summed E-state index contributed by atoms with van der Waals surface area (Å²) in [7, 11) is 0. The lowest BCUT2D eigenvalue weighted by Crippen LogP contribution is -2.06. The topological polar surface area (TPSA) is 43.8 Å². The van der Waals surface area contributed by atoms with Crippen LogP contribution in [0.4, 0.5) is 0 Å². The first-order valence-electron chi connectivity index (χ1n) is 3.53. The average Bonchev–Trinajstić information content (AvgIpc) is 2.42. The van der Waals surface area contributed by atoms with Crippen LogP contribution in [0.15, 0.2) is 12.5 Å². The summed E-state index contributed by atoms with van der Waals surface area (Å²) in [4.78, 5) is 4.02. The minimum atomic E-state index is 0.368. The molecule has 2 unspecified atom stereocenters. The Bertz CT molecular complexity index is 241. The molecule has 0 aliphatic heterocycles. The van der Waals surface area contributed by atoms with Crippen LogP contribution in [0, 0.1) is 6.92 Å². The fourth-order valence-electron chi connectivity index (χ4n) is 1.24. The highest BCUT2D eigenvalue weighted by Crippen LogP contribution is 2.34. The number of hydrogen-bond acceptors (Lipinski definition) is 2. The maximum atomic E-state index is 5.68. The Kier molecular flexibility index (Phi) is 1.08. The summed E-state index contributed by atoms with van der Waals surface area (Å²) in [5.74, 6) is 0. The van der Waals surface area contributed by atoms with E-state index in [0.717, 1.165) is 6.42 Å². The Hall–Kier alpha value is -0.830.